The fourth-order valence-corrected chi connectivity index (χ4v) is 1.97. The molecule has 3 nitrogen and oxygen atoms in total. The number of pyridine rings is 1. The van der Waals surface area contributed by atoms with Crippen LogP contribution >= 0.6 is 11.8 Å². The quantitative estimate of drug-likeness (QED) is 0.758. The molecule has 0 spiro atoms. The van der Waals surface area contributed by atoms with Crippen LogP contribution in [-0.4, -0.2) is 40.9 Å². The van der Waals surface area contributed by atoms with Gasteiger partial charge >= 0.3 is 0 Å². The van der Waals surface area contributed by atoms with Gasteiger partial charge in [-0.3, -0.25) is 4.79 Å². The topological polar surface area (TPSA) is 33.2 Å². The lowest BCUT2D eigenvalue weighted by atomic mass is 10.2. The van der Waals surface area contributed by atoms with Gasteiger partial charge in [0.2, 0.25) is 5.95 Å². The van der Waals surface area contributed by atoms with Gasteiger partial charge in [0.15, 0.2) is 0 Å². The lowest BCUT2D eigenvalue weighted by Crippen LogP contribution is -2.36. The molecule has 0 aromatic carbocycles. The predicted octanol–water partition coefficient (Wildman–Crippen LogP) is 2.04. The van der Waals surface area contributed by atoms with E-state index in [0.717, 1.165) is 5.75 Å². The first-order chi connectivity index (χ1) is 7.56. The number of thioether (sulfide) groups is 1. The highest BCUT2D eigenvalue weighted by molar-refractivity contribution is 7.98. The third-order valence-electron chi connectivity index (χ3n) is 2.36. The molecule has 0 aliphatic heterocycles. The summed E-state index contributed by atoms with van der Waals surface area (Å²) in [4.78, 5) is 17.0. The molecule has 0 aliphatic rings. The van der Waals surface area contributed by atoms with Gasteiger partial charge in [-0.05, 0) is 25.3 Å². The van der Waals surface area contributed by atoms with E-state index in [1.54, 1.807) is 23.7 Å². The summed E-state index contributed by atoms with van der Waals surface area (Å²) in [5.41, 5.74) is 0.414. The summed E-state index contributed by atoms with van der Waals surface area (Å²) >= 11 is 1.68. The Kier molecular flexibility index (Phi) is 4.73. The van der Waals surface area contributed by atoms with Crippen LogP contribution in [0.4, 0.5) is 4.39 Å². The zero-order valence-electron chi connectivity index (χ0n) is 9.61. The van der Waals surface area contributed by atoms with Crippen LogP contribution in [0, 0.1) is 5.95 Å². The Balaban J connectivity index is 2.73. The summed E-state index contributed by atoms with van der Waals surface area (Å²) in [6.07, 6.45) is 3.26. The van der Waals surface area contributed by atoms with Crippen molar-refractivity contribution < 1.29 is 9.18 Å². The summed E-state index contributed by atoms with van der Waals surface area (Å²) < 4.78 is 12.6. The second kappa shape index (κ2) is 5.84. The van der Waals surface area contributed by atoms with Gasteiger partial charge in [-0.15, -0.1) is 0 Å². The van der Waals surface area contributed by atoms with Crippen LogP contribution in [0.5, 0.6) is 0 Å². The molecule has 0 saturated heterocycles. The third-order valence-corrected chi connectivity index (χ3v) is 3.18. The molecule has 0 N–H and O–H groups in total. The lowest BCUT2D eigenvalue weighted by Gasteiger charge is -2.24. The van der Waals surface area contributed by atoms with Crippen LogP contribution in [-0.2, 0) is 0 Å². The molecular formula is C11H15FN2OS. The van der Waals surface area contributed by atoms with Crippen LogP contribution in [0.25, 0.3) is 0 Å². The molecule has 0 aliphatic carbocycles. The zero-order valence-corrected chi connectivity index (χ0v) is 10.4. The Labute approximate surface area is 99.1 Å². The van der Waals surface area contributed by atoms with Crippen molar-refractivity contribution in [2.75, 3.05) is 19.1 Å². The van der Waals surface area contributed by atoms with Gasteiger partial charge in [-0.25, -0.2) is 4.98 Å². The largest absolute Gasteiger partial charge is 0.338 e. The molecule has 1 aromatic heterocycles. The van der Waals surface area contributed by atoms with E-state index in [1.807, 2.05) is 13.2 Å². The van der Waals surface area contributed by atoms with Crippen molar-refractivity contribution in [3.63, 3.8) is 0 Å². The highest BCUT2D eigenvalue weighted by Gasteiger charge is 2.17. The number of amides is 1. The zero-order chi connectivity index (χ0) is 12.1. The third kappa shape index (κ3) is 3.20. The monoisotopic (exact) mass is 242 g/mol. The highest BCUT2D eigenvalue weighted by atomic mass is 32.2. The Morgan fingerprint density at radius 2 is 2.31 bits per heavy atom. The van der Waals surface area contributed by atoms with Crippen molar-refractivity contribution in [3.05, 3.63) is 29.8 Å². The fraction of sp³-hybridized carbons (Fsp3) is 0.455. The van der Waals surface area contributed by atoms with Crippen LogP contribution in [0.15, 0.2) is 18.3 Å². The Hall–Kier alpha value is -1.10. The van der Waals surface area contributed by atoms with Gasteiger partial charge in [-0.1, -0.05) is 0 Å². The first-order valence-electron chi connectivity index (χ1n) is 4.94. The Bertz CT molecular complexity index is 356. The van der Waals surface area contributed by atoms with Gasteiger partial charge in [-0.2, -0.15) is 16.2 Å². The molecule has 88 valence electrons. The second-order valence-corrected chi connectivity index (χ2v) is 4.50. The summed E-state index contributed by atoms with van der Waals surface area (Å²) in [6, 6.07) is 2.79. The molecule has 16 heavy (non-hydrogen) atoms. The maximum Gasteiger partial charge on any atom is 0.255 e. The predicted molar refractivity (Wildman–Crippen MR) is 64.1 cm³/mol. The fourth-order valence-electron chi connectivity index (χ4n) is 1.26. The number of rotatable bonds is 4. The van der Waals surface area contributed by atoms with E-state index in [1.165, 1.54) is 18.3 Å². The second-order valence-electron chi connectivity index (χ2n) is 3.59. The number of halogens is 1. The van der Waals surface area contributed by atoms with E-state index in [4.69, 9.17) is 0 Å². The van der Waals surface area contributed by atoms with Crippen LogP contribution < -0.4 is 0 Å². The van der Waals surface area contributed by atoms with Crippen molar-refractivity contribution >= 4 is 17.7 Å². The minimum Gasteiger partial charge on any atom is -0.338 e. The number of carbonyl (C=O) groups excluding carboxylic acids is 1. The number of nitrogens with zero attached hydrogens (tertiary/aromatic N) is 2. The normalized spacial score (nSPS) is 12.2. The Morgan fingerprint density at radius 1 is 1.62 bits per heavy atom. The molecule has 1 aromatic rings. The van der Waals surface area contributed by atoms with E-state index in [-0.39, 0.29) is 11.9 Å². The molecule has 5 heteroatoms. The van der Waals surface area contributed by atoms with Gasteiger partial charge in [0.05, 0.1) is 5.56 Å². The minimum absolute atomic E-state index is 0.131. The van der Waals surface area contributed by atoms with Gasteiger partial charge in [0.25, 0.3) is 5.91 Å². The number of hydrogen-bond donors (Lipinski definition) is 0. The molecule has 1 unspecified atom stereocenters. The SMILES string of the molecule is CSCC(C)N(C)C(=O)c1ccc(F)nc1. The lowest BCUT2D eigenvalue weighted by molar-refractivity contribution is 0.0757. The van der Waals surface area contributed by atoms with Crippen molar-refractivity contribution in [1.29, 1.82) is 0 Å². The van der Waals surface area contributed by atoms with Gasteiger partial charge in [0.1, 0.15) is 0 Å². The summed E-state index contributed by atoms with van der Waals surface area (Å²) in [6.45, 7) is 1.98. The molecule has 1 amide bonds. The molecule has 0 bridgehead atoms. The van der Waals surface area contributed by atoms with E-state index in [9.17, 15) is 9.18 Å². The average molecular weight is 242 g/mol. The summed E-state index contributed by atoms with van der Waals surface area (Å²) in [5.74, 6) is 0.169. The maximum atomic E-state index is 12.6. The maximum absolute atomic E-state index is 12.6. The first-order valence-corrected chi connectivity index (χ1v) is 6.33. The van der Waals surface area contributed by atoms with Gasteiger partial charge in [0, 0.05) is 25.0 Å². The van der Waals surface area contributed by atoms with Crippen molar-refractivity contribution in [1.82, 2.24) is 9.88 Å². The van der Waals surface area contributed by atoms with Crippen molar-refractivity contribution in [2.24, 2.45) is 0 Å². The summed E-state index contributed by atoms with van der Waals surface area (Å²) in [5, 5.41) is 0. The van der Waals surface area contributed by atoms with Crippen LogP contribution in [0.3, 0.4) is 0 Å². The summed E-state index contributed by atoms with van der Waals surface area (Å²) in [7, 11) is 1.74. The molecule has 0 fully saturated rings. The smallest absolute Gasteiger partial charge is 0.255 e. The van der Waals surface area contributed by atoms with Gasteiger partial charge < -0.3 is 4.90 Å². The minimum atomic E-state index is -0.573. The Morgan fingerprint density at radius 3 is 2.81 bits per heavy atom. The van der Waals surface area contributed by atoms with E-state index in [2.05, 4.69) is 4.98 Å². The van der Waals surface area contributed by atoms with E-state index >= 15 is 0 Å². The average Bonchev–Trinajstić information content (AvgIpc) is 2.28. The highest BCUT2D eigenvalue weighted by Crippen LogP contribution is 2.09. The van der Waals surface area contributed by atoms with E-state index < -0.39 is 5.95 Å². The van der Waals surface area contributed by atoms with E-state index in [0.29, 0.717) is 5.56 Å². The number of carbonyl (C=O) groups is 1. The molecule has 1 atom stereocenters. The van der Waals surface area contributed by atoms with Crippen molar-refractivity contribution in [3.8, 4) is 0 Å². The molecular weight excluding hydrogens is 227 g/mol. The first kappa shape index (κ1) is 13.0. The van der Waals surface area contributed by atoms with Crippen LogP contribution in [0.2, 0.25) is 0 Å². The molecule has 1 heterocycles. The van der Waals surface area contributed by atoms with Crippen molar-refractivity contribution in [2.45, 2.75) is 13.0 Å². The standard InChI is InChI=1S/C11H15FN2OS/c1-8(7-16-3)14(2)11(15)9-4-5-10(12)13-6-9/h4-6,8H,7H2,1-3H3. The number of aromatic nitrogens is 1. The van der Waals surface area contributed by atoms with Crippen LogP contribution in [0.1, 0.15) is 17.3 Å². The molecule has 0 saturated carbocycles. The molecule has 0 radical (unpaired) electrons. The number of hydrogen-bond acceptors (Lipinski definition) is 3. The molecule has 1 rings (SSSR count).